The Morgan fingerprint density at radius 1 is 1.07 bits per heavy atom. The largest absolute Gasteiger partial charge is 0.340 e. The highest BCUT2D eigenvalue weighted by atomic mass is 19.1. The number of likely N-dealkylation sites (tertiary alicyclic amines) is 1. The van der Waals surface area contributed by atoms with Crippen LogP contribution in [-0.4, -0.2) is 42.0 Å². The number of carbonyl (C=O) groups excluding carboxylic acids is 2. The van der Waals surface area contributed by atoms with Gasteiger partial charge in [-0.15, -0.1) is 0 Å². The van der Waals surface area contributed by atoms with E-state index >= 15 is 0 Å². The summed E-state index contributed by atoms with van der Waals surface area (Å²) in [5.41, 5.74) is 6.89. The van der Waals surface area contributed by atoms with Crippen LogP contribution in [0, 0.1) is 23.6 Å². The number of nitrogens with two attached hydrogens (primary N) is 1. The fraction of sp³-hybridized carbons (Fsp3) is 0.619. The third-order valence-corrected chi connectivity index (χ3v) is 6.70. The number of carbonyl (C=O) groups is 2. The summed E-state index contributed by atoms with van der Waals surface area (Å²) in [6, 6.07) is 5.52. The number of halogens is 1. The molecule has 3 unspecified atom stereocenters. The molecule has 2 saturated carbocycles. The van der Waals surface area contributed by atoms with Crippen molar-refractivity contribution < 1.29 is 14.0 Å². The quantitative estimate of drug-likeness (QED) is 0.744. The molecule has 1 aromatic rings. The maximum absolute atomic E-state index is 13.0. The summed E-state index contributed by atoms with van der Waals surface area (Å²) in [6.07, 6.45) is 6.11. The van der Waals surface area contributed by atoms with E-state index in [-0.39, 0.29) is 35.8 Å². The molecule has 1 saturated heterocycles. The Kier molecular flexibility index (Phi) is 5.53. The van der Waals surface area contributed by atoms with Gasteiger partial charge in [-0.1, -0.05) is 6.42 Å². The number of anilines is 1. The van der Waals surface area contributed by atoms with Gasteiger partial charge in [0.2, 0.25) is 5.91 Å². The first kappa shape index (κ1) is 19.2. The number of hydrogen-bond donors (Lipinski definition) is 3. The molecule has 4 N–H and O–H groups in total. The summed E-state index contributed by atoms with van der Waals surface area (Å²) in [6.45, 7) is 1.23. The predicted molar refractivity (Wildman–Crippen MR) is 105 cm³/mol. The van der Waals surface area contributed by atoms with E-state index in [2.05, 4.69) is 10.6 Å². The number of nitrogens with zero attached hydrogens (tertiary/aromatic N) is 1. The van der Waals surface area contributed by atoms with Crippen LogP contribution in [-0.2, 0) is 4.79 Å². The Morgan fingerprint density at radius 3 is 2.43 bits per heavy atom. The van der Waals surface area contributed by atoms with Gasteiger partial charge in [0.1, 0.15) is 5.82 Å². The van der Waals surface area contributed by atoms with Crippen LogP contribution in [0.3, 0.4) is 0 Å². The number of fused-ring (bicyclic) bond motifs is 2. The van der Waals surface area contributed by atoms with E-state index in [9.17, 15) is 14.0 Å². The topological polar surface area (TPSA) is 87.5 Å². The minimum atomic E-state index is -0.344. The minimum absolute atomic E-state index is 0.0604. The minimum Gasteiger partial charge on any atom is -0.340 e. The summed E-state index contributed by atoms with van der Waals surface area (Å²) in [5.74, 6) is 0.941. The lowest BCUT2D eigenvalue weighted by molar-refractivity contribution is -0.137. The van der Waals surface area contributed by atoms with Gasteiger partial charge in [-0.25, -0.2) is 9.18 Å². The number of urea groups is 1. The fourth-order valence-electron chi connectivity index (χ4n) is 5.21. The van der Waals surface area contributed by atoms with Gasteiger partial charge in [-0.05, 0) is 68.2 Å². The molecular weight excluding hydrogens is 359 g/mol. The van der Waals surface area contributed by atoms with Gasteiger partial charge in [0.25, 0.3) is 0 Å². The van der Waals surface area contributed by atoms with Crippen molar-refractivity contribution in [2.45, 2.75) is 50.6 Å². The van der Waals surface area contributed by atoms with Crippen LogP contribution < -0.4 is 16.4 Å². The second kappa shape index (κ2) is 8.07. The Balaban J connectivity index is 1.27. The number of rotatable bonds is 3. The summed E-state index contributed by atoms with van der Waals surface area (Å²) in [5, 5.41) is 5.62. The molecule has 1 aliphatic heterocycles. The van der Waals surface area contributed by atoms with Crippen LogP contribution in [0.25, 0.3) is 0 Å². The van der Waals surface area contributed by atoms with Crippen molar-refractivity contribution in [1.82, 2.24) is 10.2 Å². The van der Waals surface area contributed by atoms with Crippen LogP contribution in [0.2, 0.25) is 0 Å². The van der Waals surface area contributed by atoms with E-state index in [4.69, 9.17) is 5.73 Å². The van der Waals surface area contributed by atoms with Crippen molar-refractivity contribution in [2.24, 2.45) is 23.5 Å². The molecule has 0 aromatic heterocycles. The molecule has 0 spiro atoms. The monoisotopic (exact) mass is 388 g/mol. The van der Waals surface area contributed by atoms with Crippen molar-refractivity contribution in [1.29, 1.82) is 0 Å². The van der Waals surface area contributed by atoms with E-state index in [0.717, 1.165) is 32.1 Å². The molecule has 7 heteroatoms. The Labute approximate surface area is 165 Å². The van der Waals surface area contributed by atoms with E-state index in [1.807, 2.05) is 4.90 Å². The van der Waals surface area contributed by atoms with Crippen LogP contribution in [0.5, 0.6) is 0 Å². The first-order chi connectivity index (χ1) is 13.5. The van der Waals surface area contributed by atoms with E-state index in [1.165, 1.54) is 30.7 Å². The maximum Gasteiger partial charge on any atom is 0.319 e. The van der Waals surface area contributed by atoms with Gasteiger partial charge in [-0.3, -0.25) is 4.79 Å². The summed E-state index contributed by atoms with van der Waals surface area (Å²) < 4.78 is 12.9. The first-order valence-electron chi connectivity index (χ1n) is 10.4. The lowest BCUT2D eigenvalue weighted by Gasteiger charge is -2.44. The van der Waals surface area contributed by atoms with E-state index in [0.29, 0.717) is 30.6 Å². The maximum atomic E-state index is 13.0. The highest BCUT2D eigenvalue weighted by Crippen LogP contribution is 2.42. The molecule has 3 atom stereocenters. The highest BCUT2D eigenvalue weighted by Gasteiger charge is 2.42. The van der Waals surface area contributed by atoms with Crippen LogP contribution in [0.15, 0.2) is 24.3 Å². The van der Waals surface area contributed by atoms with Crippen LogP contribution in [0.4, 0.5) is 14.9 Å². The molecule has 1 aromatic carbocycles. The number of hydrogen-bond acceptors (Lipinski definition) is 3. The molecule has 3 amide bonds. The van der Waals surface area contributed by atoms with E-state index in [1.54, 1.807) is 0 Å². The standard InChI is InChI=1S/C21H29FN4O2/c22-16-4-6-17(7-5-16)24-21(28)25-18-8-9-26(12-18)20(27)15-10-13-2-1-3-14(11-15)19(13)23/h4-7,13-15,18-19H,1-3,8-12,23H2,(H2,24,25,28). The third kappa shape index (κ3) is 4.14. The van der Waals surface area contributed by atoms with Crippen molar-refractivity contribution in [3.63, 3.8) is 0 Å². The molecule has 3 fully saturated rings. The first-order valence-corrected chi connectivity index (χ1v) is 10.4. The molecule has 152 valence electrons. The number of amides is 3. The normalized spacial score (nSPS) is 32.1. The van der Waals surface area contributed by atoms with Gasteiger partial charge in [0.15, 0.2) is 0 Å². The highest BCUT2D eigenvalue weighted by molar-refractivity contribution is 5.89. The van der Waals surface area contributed by atoms with Gasteiger partial charge < -0.3 is 21.3 Å². The van der Waals surface area contributed by atoms with Crippen molar-refractivity contribution in [3.05, 3.63) is 30.1 Å². The zero-order valence-corrected chi connectivity index (χ0v) is 16.1. The molecular formula is C21H29FN4O2. The molecule has 2 aliphatic carbocycles. The Bertz CT molecular complexity index is 712. The smallest absolute Gasteiger partial charge is 0.319 e. The Morgan fingerprint density at radius 2 is 1.75 bits per heavy atom. The van der Waals surface area contributed by atoms with E-state index < -0.39 is 0 Å². The van der Waals surface area contributed by atoms with Gasteiger partial charge in [-0.2, -0.15) is 0 Å². The van der Waals surface area contributed by atoms with Crippen LogP contribution >= 0.6 is 0 Å². The SMILES string of the molecule is NC1C2CCCC1CC(C(=O)N1CCC(NC(=O)Nc3ccc(F)cc3)C1)C2. The lowest BCUT2D eigenvalue weighted by Crippen LogP contribution is -2.49. The van der Waals surface area contributed by atoms with Gasteiger partial charge in [0.05, 0.1) is 0 Å². The number of benzene rings is 1. The second-order valence-electron chi connectivity index (χ2n) is 8.57. The zero-order chi connectivity index (χ0) is 19.7. The summed E-state index contributed by atoms with van der Waals surface area (Å²) in [7, 11) is 0. The van der Waals surface area contributed by atoms with Crippen LogP contribution in [0.1, 0.15) is 38.5 Å². The lowest BCUT2D eigenvalue weighted by atomic mass is 9.65. The molecule has 4 rings (SSSR count). The molecule has 6 nitrogen and oxygen atoms in total. The fourth-order valence-corrected chi connectivity index (χ4v) is 5.21. The molecule has 2 bridgehead atoms. The molecule has 0 radical (unpaired) electrons. The van der Waals surface area contributed by atoms with Gasteiger partial charge in [0, 0.05) is 36.8 Å². The van der Waals surface area contributed by atoms with Gasteiger partial charge >= 0.3 is 6.03 Å². The molecule has 28 heavy (non-hydrogen) atoms. The third-order valence-electron chi connectivity index (χ3n) is 6.70. The number of nitrogens with one attached hydrogen (secondary N) is 2. The Hall–Kier alpha value is -2.15. The van der Waals surface area contributed by atoms with Crippen molar-refractivity contribution in [2.75, 3.05) is 18.4 Å². The summed E-state index contributed by atoms with van der Waals surface area (Å²) in [4.78, 5) is 27.1. The average molecular weight is 388 g/mol. The molecule has 3 aliphatic rings. The van der Waals surface area contributed by atoms with Crippen molar-refractivity contribution >= 4 is 17.6 Å². The second-order valence-corrected chi connectivity index (χ2v) is 8.57. The predicted octanol–water partition coefficient (Wildman–Crippen LogP) is 2.70. The average Bonchev–Trinajstić information content (AvgIpc) is 3.11. The summed E-state index contributed by atoms with van der Waals surface area (Å²) >= 11 is 0. The van der Waals surface area contributed by atoms with Crippen molar-refractivity contribution in [3.8, 4) is 0 Å². The zero-order valence-electron chi connectivity index (χ0n) is 16.1. The molecule has 1 heterocycles.